The van der Waals surface area contributed by atoms with Crippen molar-refractivity contribution in [1.29, 1.82) is 0 Å². The summed E-state index contributed by atoms with van der Waals surface area (Å²) < 4.78 is 30.3. The summed E-state index contributed by atoms with van der Waals surface area (Å²) in [6, 6.07) is 14.1. The summed E-state index contributed by atoms with van der Waals surface area (Å²) in [7, 11) is -3.72. The minimum absolute atomic E-state index is 0.0452. The van der Waals surface area contributed by atoms with Crippen molar-refractivity contribution in [3.63, 3.8) is 0 Å². The quantitative estimate of drug-likeness (QED) is 0.259. The van der Waals surface area contributed by atoms with E-state index in [2.05, 4.69) is 26.3 Å². The Morgan fingerprint density at radius 1 is 1.03 bits per heavy atom. The summed E-state index contributed by atoms with van der Waals surface area (Å²) in [4.78, 5) is 4.78. The lowest BCUT2D eigenvalue weighted by molar-refractivity contribution is 0.282. The number of nitrogens with zero attached hydrogens (tertiary/aromatic N) is 4. The number of benzene rings is 2. The molecule has 0 bridgehead atoms. The van der Waals surface area contributed by atoms with E-state index in [1.54, 1.807) is 22.8 Å². The van der Waals surface area contributed by atoms with Crippen LogP contribution in [0.2, 0.25) is 15.1 Å². The minimum Gasteiger partial charge on any atom is -0.370 e. The molecule has 0 radical (unpaired) electrons. The van der Waals surface area contributed by atoms with E-state index in [0.29, 0.717) is 43.1 Å². The molecule has 1 N–H and O–H groups in total. The molecule has 0 saturated carbocycles. The molecule has 1 fully saturated rings. The molecule has 0 aliphatic carbocycles. The minimum atomic E-state index is -3.72. The molecule has 1 saturated heterocycles. The van der Waals surface area contributed by atoms with Gasteiger partial charge in [-0.2, -0.15) is 13.9 Å². The molecule has 7 nitrogen and oxygen atoms in total. The van der Waals surface area contributed by atoms with Crippen molar-refractivity contribution < 1.29 is 8.42 Å². The van der Waals surface area contributed by atoms with Crippen LogP contribution in [0.1, 0.15) is 12.8 Å². The maximum absolute atomic E-state index is 13.1. The van der Waals surface area contributed by atoms with Gasteiger partial charge in [0.15, 0.2) is 5.65 Å². The molecule has 36 heavy (non-hydrogen) atoms. The van der Waals surface area contributed by atoms with E-state index < -0.39 is 10.0 Å². The van der Waals surface area contributed by atoms with Crippen LogP contribution in [-0.4, -0.2) is 47.0 Å². The number of rotatable bonds is 6. The molecule has 0 atom stereocenters. The molecular weight excluding hydrogens is 609 g/mol. The number of anilines is 1. The maximum atomic E-state index is 13.1. The zero-order chi connectivity index (χ0) is 25.4. The van der Waals surface area contributed by atoms with Crippen LogP contribution in [0.4, 0.5) is 5.82 Å². The van der Waals surface area contributed by atoms with Gasteiger partial charge in [-0.15, -0.1) is 0 Å². The summed E-state index contributed by atoms with van der Waals surface area (Å²) in [5, 5.41) is 8.82. The van der Waals surface area contributed by atoms with Gasteiger partial charge in [0.2, 0.25) is 10.0 Å². The fraction of sp³-hybridized carbons (Fsp3) is 0.250. The van der Waals surface area contributed by atoms with Gasteiger partial charge in [0, 0.05) is 36.3 Å². The van der Waals surface area contributed by atoms with Gasteiger partial charge in [-0.1, -0.05) is 59.1 Å². The monoisotopic (exact) mass is 627 g/mol. The third-order valence-electron chi connectivity index (χ3n) is 6.26. The van der Waals surface area contributed by atoms with Crippen LogP contribution < -0.4 is 5.32 Å². The maximum Gasteiger partial charge on any atom is 0.244 e. The highest BCUT2D eigenvalue weighted by Gasteiger charge is 2.31. The van der Waals surface area contributed by atoms with Crippen LogP contribution in [0.15, 0.2) is 64.1 Å². The lowest BCUT2D eigenvalue weighted by atomic mass is 9.98. The summed E-state index contributed by atoms with van der Waals surface area (Å²) in [5.74, 6) is 1.05. The van der Waals surface area contributed by atoms with Gasteiger partial charge >= 0.3 is 0 Å². The highest BCUT2D eigenvalue weighted by molar-refractivity contribution is 9.10. The van der Waals surface area contributed by atoms with Crippen LogP contribution in [0.5, 0.6) is 0 Å². The summed E-state index contributed by atoms with van der Waals surface area (Å²) in [6.45, 7) is 1.47. The molecule has 2 aromatic carbocycles. The second kappa shape index (κ2) is 10.5. The fourth-order valence-electron chi connectivity index (χ4n) is 4.29. The van der Waals surface area contributed by atoms with Gasteiger partial charge in [0.25, 0.3) is 0 Å². The van der Waals surface area contributed by atoms with E-state index in [1.165, 1.54) is 10.4 Å². The Bertz CT molecular complexity index is 1540. The first-order chi connectivity index (χ1) is 17.3. The first-order valence-electron chi connectivity index (χ1n) is 11.2. The molecule has 1 aliphatic rings. The molecule has 1 aliphatic heterocycles. The fourth-order valence-corrected chi connectivity index (χ4v) is 7.08. The Balaban J connectivity index is 1.31. The van der Waals surface area contributed by atoms with Crippen molar-refractivity contribution in [1.82, 2.24) is 18.9 Å². The Morgan fingerprint density at radius 2 is 1.75 bits per heavy atom. The number of piperidine rings is 1. The molecule has 0 amide bonds. The lowest BCUT2D eigenvalue weighted by Gasteiger charge is -2.31. The van der Waals surface area contributed by atoms with E-state index in [0.717, 1.165) is 21.5 Å². The van der Waals surface area contributed by atoms with E-state index in [4.69, 9.17) is 39.8 Å². The second-order valence-corrected chi connectivity index (χ2v) is 12.5. The van der Waals surface area contributed by atoms with Crippen molar-refractivity contribution in [2.45, 2.75) is 17.7 Å². The molecule has 188 valence electrons. The second-order valence-electron chi connectivity index (χ2n) is 8.51. The molecule has 3 heterocycles. The zero-order valence-corrected chi connectivity index (χ0v) is 23.5. The number of aromatic nitrogens is 3. The Labute approximate surface area is 232 Å². The highest BCUT2D eigenvalue weighted by Crippen LogP contribution is 2.33. The Hall–Kier alpha value is -1.88. The van der Waals surface area contributed by atoms with Crippen LogP contribution in [0, 0.1) is 5.92 Å². The number of nitrogens with one attached hydrogen (secondary N) is 1. The number of hydrogen-bond acceptors (Lipinski definition) is 5. The third-order valence-corrected chi connectivity index (χ3v) is 10.0. The smallest absolute Gasteiger partial charge is 0.244 e. The highest BCUT2D eigenvalue weighted by atomic mass is 79.9. The number of fused-ring (bicyclic) bond motifs is 1. The summed E-state index contributed by atoms with van der Waals surface area (Å²) >= 11 is 22.2. The van der Waals surface area contributed by atoms with Crippen molar-refractivity contribution in [3.05, 3.63) is 74.3 Å². The van der Waals surface area contributed by atoms with E-state index in [9.17, 15) is 8.42 Å². The normalized spacial score (nSPS) is 15.4. The molecular formula is C24H21BrCl3N5O2S. The summed E-state index contributed by atoms with van der Waals surface area (Å²) in [6.07, 6.45) is 3.12. The first-order valence-corrected chi connectivity index (χ1v) is 14.6. The van der Waals surface area contributed by atoms with E-state index in [1.807, 2.05) is 30.3 Å². The first kappa shape index (κ1) is 25.8. The molecule has 0 unspecified atom stereocenters. The van der Waals surface area contributed by atoms with Crippen molar-refractivity contribution in [2.75, 3.05) is 25.0 Å². The SMILES string of the molecule is O=S(=O)(c1cccc(Cl)c1Cl)N1CCC(CNc2cc(-c3ccccc3Cl)nc3c(Br)cnn23)CC1. The van der Waals surface area contributed by atoms with E-state index >= 15 is 0 Å². The van der Waals surface area contributed by atoms with Crippen LogP contribution in [-0.2, 0) is 10.0 Å². The third kappa shape index (κ3) is 4.97. The van der Waals surface area contributed by atoms with Gasteiger partial charge in [0.1, 0.15) is 10.7 Å². The van der Waals surface area contributed by atoms with Crippen LogP contribution in [0.25, 0.3) is 16.9 Å². The lowest BCUT2D eigenvalue weighted by Crippen LogP contribution is -2.40. The molecule has 2 aromatic heterocycles. The Kier molecular flexibility index (Phi) is 7.49. The molecule has 5 rings (SSSR count). The van der Waals surface area contributed by atoms with Crippen LogP contribution in [0.3, 0.4) is 0 Å². The van der Waals surface area contributed by atoms with Crippen molar-refractivity contribution in [2.24, 2.45) is 5.92 Å². The topological polar surface area (TPSA) is 79.6 Å². The predicted molar refractivity (Wildman–Crippen MR) is 148 cm³/mol. The van der Waals surface area contributed by atoms with Crippen LogP contribution >= 0.6 is 50.7 Å². The average Bonchev–Trinajstić information content (AvgIpc) is 3.25. The standard InChI is InChI=1S/C24H21BrCl3N5O2S/c25-17-14-30-33-22(12-20(31-24(17)33)16-4-1-2-5-18(16)26)29-13-15-8-10-32(11-9-15)36(34,35)21-7-3-6-19(27)23(21)28/h1-7,12,14-15,29H,8-11,13H2. The predicted octanol–water partition coefficient (Wildman–Crippen LogP) is 6.63. The number of halogens is 4. The van der Waals surface area contributed by atoms with Gasteiger partial charge < -0.3 is 5.32 Å². The van der Waals surface area contributed by atoms with Gasteiger partial charge in [0.05, 0.1) is 26.4 Å². The molecule has 12 heteroatoms. The summed E-state index contributed by atoms with van der Waals surface area (Å²) in [5.41, 5.74) is 2.24. The van der Waals surface area contributed by atoms with Crippen molar-refractivity contribution >= 4 is 72.2 Å². The van der Waals surface area contributed by atoms with Gasteiger partial charge in [-0.05, 0) is 52.9 Å². The Morgan fingerprint density at radius 3 is 2.50 bits per heavy atom. The van der Waals surface area contributed by atoms with Gasteiger partial charge in [-0.25, -0.2) is 13.4 Å². The van der Waals surface area contributed by atoms with E-state index in [-0.39, 0.29) is 20.9 Å². The van der Waals surface area contributed by atoms with Gasteiger partial charge in [-0.3, -0.25) is 0 Å². The zero-order valence-electron chi connectivity index (χ0n) is 18.8. The number of hydrogen-bond donors (Lipinski definition) is 1. The molecule has 0 spiro atoms. The average molecular weight is 630 g/mol. The number of sulfonamides is 1. The largest absolute Gasteiger partial charge is 0.370 e. The molecule has 4 aromatic rings. The van der Waals surface area contributed by atoms with Crippen molar-refractivity contribution in [3.8, 4) is 11.3 Å².